The Morgan fingerprint density at radius 3 is 2.32 bits per heavy atom. The Kier molecular flexibility index (Phi) is 8.18. The van der Waals surface area contributed by atoms with Crippen LogP contribution in [0.1, 0.15) is 47.0 Å². The van der Waals surface area contributed by atoms with Crippen LogP contribution in [0, 0.1) is 5.92 Å². The van der Waals surface area contributed by atoms with Gasteiger partial charge in [0.2, 0.25) is 5.91 Å². The van der Waals surface area contributed by atoms with Crippen molar-refractivity contribution in [1.29, 1.82) is 0 Å². The van der Waals surface area contributed by atoms with E-state index >= 15 is 0 Å². The molecular weight excluding hydrogens is 340 g/mol. The highest BCUT2D eigenvalue weighted by molar-refractivity contribution is 7.92. The molecule has 0 aromatic rings. The number of carbonyl (C=O) groups is 1. The second-order valence-electron chi connectivity index (χ2n) is 7.47. The molecule has 146 valence electrons. The molecule has 7 nitrogen and oxygen atoms in total. The fraction of sp³-hybridized carbons (Fsp3) is 0.882. The van der Waals surface area contributed by atoms with Gasteiger partial charge in [-0.15, -0.1) is 0 Å². The fourth-order valence-electron chi connectivity index (χ4n) is 2.72. The highest BCUT2D eigenvalue weighted by Gasteiger charge is 2.28. The van der Waals surface area contributed by atoms with E-state index in [1.807, 2.05) is 6.92 Å². The first-order valence-electron chi connectivity index (χ1n) is 9.07. The molecule has 1 rings (SSSR count). The maximum Gasteiger partial charge on any atom is 0.220 e. The molecule has 1 fully saturated rings. The average Bonchev–Trinajstić information content (AvgIpc) is 2.53. The molecule has 0 radical (unpaired) electrons. The lowest BCUT2D eigenvalue weighted by Gasteiger charge is -2.34. The summed E-state index contributed by atoms with van der Waals surface area (Å²) in [7, 11) is -1.50. The molecule has 0 aliphatic carbocycles. The van der Waals surface area contributed by atoms with Crippen LogP contribution in [0.3, 0.4) is 0 Å². The van der Waals surface area contributed by atoms with E-state index in [0.29, 0.717) is 12.3 Å². The molecule has 0 spiro atoms. The van der Waals surface area contributed by atoms with Gasteiger partial charge in [-0.05, 0) is 46.5 Å². The van der Waals surface area contributed by atoms with E-state index in [1.54, 1.807) is 27.8 Å². The quantitative estimate of drug-likeness (QED) is 0.535. The lowest BCUT2D eigenvalue weighted by Crippen LogP contribution is -2.46. The van der Waals surface area contributed by atoms with Gasteiger partial charge >= 0.3 is 0 Å². The zero-order valence-corrected chi connectivity index (χ0v) is 17.1. The van der Waals surface area contributed by atoms with Gasteiger partial charge in [0.25, 0.3) is 0 Å². The third-order valence-electron chi connectivity index (χ3n) is 4.56. The van der Waals surface area contributed by atoms with Gasteiger partial charge in [0.1, 0.15) is 0 Å². The van der Waals surface area contributed by atoms with Crippen molar-refractivity contribution in [3.05, 3.63) is 0 Å². The largest absolute Gasteiger partial charge is 0.359 e. The number of likely N-dealkylation sites (tertiary alicyclic amines) is 1. The van der Waals surface area contributed by atoms with Crippen molar-refractivity contribution in [2.45, 2.75) is 51.7 Å². The molecule has 2 N–H and O–H groups in total. The zero-order valence-electron chi connectivity index (χ0n) is 16.3. The molecule has 0 saturated carbocycles. The van der Waals surface area contributed by atoms with Crippen LogP contribution in [0.2, 0.25) is 0 Å². The van der Waals surface area contributed by atoms with Crippen molar-refractivity contribution in [2.75, 3.05) is 39.0 Å². The van der Waals surface area contributed by atoms with E-state index in [0.717, 1.165) is 38.4 Å². The summed E-state index contributed by atoms with van der Waals surface area (Å²) in [4.78, 5) is 18.2. The van der Waals surface area contributed by atoms with Crippen LogP contribution in [0.4, 0.5) is 0 Å². The Labute approximate surface area is 152 Å². The summed E-state index contributed by atoms with van der Waals surface area (Å²) in [6, 6.07) is 0. The minimum absolute atomic E-state index is 0.0541. The Morgan fingerprint density at radius 1 is 1.24 bits per heavy atom. The third kappa shape index (κ3) is 6.84. The summed E-state index contributed by atoms with van der Waals surface area (Å²) in [5.74, 6) is 1.31. The van der Waals surface area contributed by atoms with Crippen LogP contribution >= 0.6 is 0 Å². The van der Waals surface area contributed by atoms with Crippen LogP contribution < -0.4 is 10.6 Å². The molecule has 25 heavy (non-hydrogen) atoms. The zero-order chi connectivity index (χ0) is 19.1. The highest BCUT2D eigenvalue weighted by atomic mass is 32.2. The summed E-state index contributed by atoms with van der Waals surface area (Å²) in [6.45, 7) is 9.82. The molecule has 1 saturated heterocycles. The highest BCUT2D eigenvalue weighted by Crippen LogP contribution is 2.20. The van der Waals surface area contributed by atoms with Crippen molar-refractivity contribution in [2.24, 2.45) is 10.9 Å². The standard InChI is InChI=1S/C17H34N4O3S/c1-6-19-16(20-9-12-25(23,24)17(2,3)4)21-10-7-14(8-11-21)13-15(22)18-5/h14H,6-13H2,1-5H3,(H,18,22)(H,19,20). The van der Waals surface area contributed by atoms with Crippen LogP contribution in [-0.4, -0.2) is 68.9 Å². The van der Waals surface area contributed by atoms with Crippen LogP contribution in [-0.2, 0) is 14.6 Å². The molecule has 0 aromatic carbocycles. The Balaban J connectivity index is 2.61. The minimum atomic E-state index is -3.16. The SMILES string of the molecule is CCNC(=NCCS(=O)(=O)C(C)(C)C)N1CCC(CC(=O)NC)CC1. The topological polar surface area (TPSA) is 90.9 Å². The molecule has 1 heterocycles. The van der Waals surface area contributed by atoms with Crippen molar-refractivity contribution in [1.82, 2.24) is 15.5 Å². The number of guanidine groups is 1. The maximum absolute atomic E-state index is 12.2. The summed E-state index contributed by atoms with van der Waals surface area (Å²) in [6.07, 6.45) is 2.46. The smallest absolute Gasteiger partial charge is 0.220 e. The van der Waals surface area contributed by atoms with E-state index in [2.05, 4.69) is 20.5 Å². The van der Waals surface area contributed by atoms with Gasteiger partial charge in [-0.1, -0.05) is 0 Å². The van der Waals surface area contributed by atoms with Gasteiger partial charge in [-0.25, -0.2) is 8.42 Å². The van der Waals surface area contributed by atoms with Gasteiger partial charge in [0.15, 0.2) is 15.8 Å². The second kappa shape index (κ2) is 9.40. The Bertz CT molecular complexity index is 559. The first-order valence-corrected chi connectivity index (χ1v) is 10.7. The van der Waals surface area contributed by atoms with Crippen molar-refractivity contribution >= 4 is 21.7 Å². The number of carbonyl (C=O) groups excluding carboxylic acids is 1. The molecule has 8 heteroatoms. The van der Waals surface area contributed by atoms with Crippen molar-refractivity contribution in [3.63, 3.8) is 0 Å². The van der Waals surface area contributed by atoms with Gasteiger partial charge < -0.3 is 15.5 Å². The van der Waals surface area contributed by atoms with Gasteiger partial charge in [-0.2, -0.15) is 0 Å². The van der Waals surface area contributed by atoms with E-state index in [4.69, 9.17) is 0 Å². The fourth-order valence-corrected chi connectivity index (χ4v) is 3.66. The first-order chi connectivity index (χ1) is 11.6. The van der Waals surface area contributed by atoms with E-state index < -0.39 is 14.6 Å². The van der Waals surface area contributed by atoms with E-state index in [1.165, 1.54) is 0 Å². The van der Waals surface area contributed by atoms with Crippen molar-refractivity contribution in [3.8, 4) is 0 Å². The molecule has 1 amide bonds. The number of hydrogen-bond donors (Lipinski definition) is 2. The lowest BCUT2D eigenvalue weighted by atomic mass is 9.93. The van der Waals surface area contributed by atoms with Crippen LogP contribution in [0.15, 0.2) is 4.99 Å². The summed E-state index contributed by atoms with van der Waals surface area (Å²) in [5.41, 5.74) is 0. The lowest BCUT2D eigenvalue weighted by molar-refractivity contribution is -0.121. The second-order valence-corrected chi connectivity index (χ2v) is 10.3. The number of piperidine rings is 1. The van der Waals surface area contributed by atoms with Crippen LogP contribution in [0.25, 0.3) is 0 Å². The van der Waals surface area contributed by atoms with Crippen molar-refractivity contribution < 1.29 is 13.2 Å². The summed E-state index contributed by atoms with van der Waals surface area (Å²) < 4.78 is 23.7. The number of amides is 1. The Hall–Kier alpha value is -1.31. The molecule has 1 aliphatic rings. The summed E-state index contributed by atoms with van der Waals surface area (Å²) in [5, 5.41) is 5.92. The predicted molar refractivity (Wildman–Crippen MR) is 102 cm³/mol. The first kappa shape index (κ1) is 21.7. The molecule has 0 aromatic heterocycles. The number of sulfone groups is 1. The maximum atomic E-state index is 12.2. The van der Waals surface area contributed by atoms with E-state index in [9.17, 15) is 13.2 Å². The normalized spacial score (nSPS) is 17.5. The number of hydrogen-bond acceptors (Lipinski definition) is 4. The minimum Gasteiger partial charge on any atom is -0.359 e. The van der Waals surface area contributed by atoms with E-state index in [-0.39, 0.29) is 18.2 Å². The number of nitrogens with zero attached hydrogens (tertiary/aromatic N) is 2. The molecule has 0 atom stereocenters. The number of nitrogens with one attached hydrogen (secondary N) is 2. The third-order valence-corrected chi connectivity index (χ3v) is 7.14. The van der Waals surface area contributed by atoms with Gasteiger partial charge in [0, 0.05) is 33.1 Å². The van der Waals surface area contributed by atoms with Gasteiger partial charge in [0.05, 0.1) is 17.0 Å². The Morgan fingerprint density at radius 2 is 1.84 bits per heavy atom. The molecule has 0 bridgehead atoms. The predicted octanol–water partition coefficient (Wildman–Crippen LogP) is 1.01. The molecule has 0 unspecified atom stereocenters. The monoisotopic (exact) mass is 374 g/mol. The average molecular weight is 375 g/mol. The number of aliphatic imine (C=N–C) groups is 1. The molecule has 1 aliphatic heterocycles. The molecular formula is C17H34N4O3S. The van der Waals surface area contributed by atoms with Gasteiger partial charge in [-0.3, -0.25) is 9.79 Å². The summed E-state index contributed by atoms with van der Waals surface area (Å²) >= 11 is 0. The number of rotatable bonds is 6. The van der Waals surface area contributed by atoms with Crippen LogP contribution in [0.5, 0.6) is 0 Å².